The number of nitro groups is 1. The standard InChI is InChI=1S/C16H23N3O3S/c1-11(2)6-8-23-15-4-3-12(9-14(15)19(21)22)16(20)18-13-5-7-17-10-13/h3-4,9,11,13,17H,5-8,10H2,1-2H3,(H,18,20). The number of benzene rings is 1. The van der Waals surface area contributed by atoms with Gasteiger partial charge < -0.3 is 10.6 Å². The molecule has 0 aromatic heterocycles. The molecule has 1 saturated heterocycles. The van der Waals surface area contributed by atoms with E-state index >= 15 is 0 Å². The van der Waals surface area contributed by atoms with Gasteiger partial charge in [-0.25, -0.2) is 0 Å². The largest absolute Gasteiger partial charge is 0.348 e. The highest BCUT2D eigenvalue weighted by atomic mass is 32.2. The molecule has 0 radical (unpaired) electrons. The van der Waals surface area contributed by atoms with Crippen LogP contribution in [-0.4, -0.2) is 35.7 Å². The lowest BCUT2D eigenvalue weighted by molar-refractivity contribution is -0.387. The molecule has 1 aliphatic rings. The highest BCUT2D eigenvalue weighted by molar-refractivity contribution is 7.99. The predicted octanol–water partition coefficient (Wildman–Crippen LogP) is 2.82. The van der Waals surface area contributed by atoms with Crippen molar-refractivity contribution in [3.05, 3.63) is 33.9 Å². The van der Waals surface area contributed by atoms with Crippen molar-refractivity contribution in [2.75, 3.05) is 18.8 Å². The van der Waals surface area contributed by atoms with E-state index in [1.54, 1.807) is 12.1 Å². The van der Waals surface area contributed by atoms with Gasteiger partial charge in [-0.05, 0) is 43.2 Å². The fourth-order valence-corrected chi connectivity index (χ4v) is 3.63. The quantitative estimate of drug-likeness (QED) is 0.454. The first-order valence-corrected chi connectivity index (χ1v) is 8.88. The number of nitrogens with zero attached hydrogens (tertiary/aromatic N) is 1. The minimum absolute atomic E-state index is 0.0101. The Morgan fingerprint density at radius 2 is 2.30 bits per heavy atom. The lowest BCUT2D eigenvalue weighted by Gasteiger charge is -2.12. The molecule has 0 spiro atoms. The van der Waals surface area contributed by atoms with Crippen LogP contribution in [-0.2, 0) is 0 Å². The maximum Gasteiger partial charge on any atom is 0.283 e. The number of carbonyl (C=O) groups excluding carboxylic acids is 1. The van der Waals surface area contributed by atoms with Gasteiger partial charge >= 0.3 is 0 Å². The fourth-order valence-electron chi connectivity index (χ4n) is 2.37. The van der Waals surface area contributed by atoms with Crippen molar-refractivity contribution in [2.45, 2.75) is 37.6 Å². The van der Waals surface area contributed by atoms with Gasteiger partial charge in [0, 0.05) is 24.2 Å². The van der Waals surface area contributed by atoms with Crippen molar-refractivity contribution in [1.82, 2.24) is 10.6 Å². The van der Waals surface area contributed by atoms with Crippen molar-refractivity contribution < 1.29 is 9.72 Å². The summed E-state index contributed by atoms with van der Waals surface area (Å²) < 4.78 is 0. The van der Waals surface area contributed by atoms with Crippen LogP contribution in [0.5, 0.6) is 0 Å². The number of nitro benzene ring substituents is 1. The van der Waals surface area contributed by atoms with Gasteiger partial charge in [-0.1, -0.05) is 13.8 Å². The molecule has 0 bridgehead atoms. The van der Waals surface area contributed by atoms with E-state index in [1.807, 2.05) is 0 Å². The molecular weight excluding hydrogens is 314 g/mol. The van der Waals surface area contributed by atoms with E-state index in [4.69, 9.17) is 0 Å². The summed E-state index contributed by atoms with van der Waals surface area (Å²) in [6.45, 7) is 5.88. The van der Waals surface area contributed by atoms with E-state index in [0.29, 0.717) is 16.4 Å². The Kier molecular flexibility index (Phi) is 6.41. The van der Waals surface area contributed by atoms with E-state index < -0.39 is 4.92 Å². The second-order valence-corrected chi connectivity index (χ2v) is 7.27. The molecule has 1 unspecified atom stereocenters. The monoisotopic (exact) mass is 337 g/mol. The molecule has 1 atom stereocenters. The number of hydrogen-bond donors (Lipinski definition) is 2. The molecule has 1 amide bonds. The van der Waals surface area contributed by atoms with Crippen LogP contribution >= 0.6 is 11.8 Å². The molecule has 23 heavy (non-hydrogen) atoms. The van der Waals surface area contributed by atoms with Crippen molar-refractivity contribution in [3.8, 4) is 0 Å². The molecule has 1 aliphatic heterocycles. The molecule has 1 fully saturated rings. The van der Waals surface area contributed by atoms with Gasteiger partial charge in [-0.3, -0.25) is 14.9 Å². The first kappa shape index (κ1) is 17.7. The fraction of sp³-hybridized carbons (Fsp3) is 0.562. The van der Waals surface area contributed by atoms with E-state index in [9.17, 15) is 14.9 Å². The van der Waals surface area contributed by atoms with Crippen LogP contribution < -0.4 is 10.6 Å². The van der Waals surface area contributed by atoms with Crippen molar-refractivity contribution in [3.63, 3.8) is 0 Å². The van der Waals surface area contributed by atoms with Crippen molar-refractivity contribution in [2.24, 2.45) is 5.92 Å². The zero-order valence-corrected chi connectivity index (χ0v) is 14.3. The van der Waals surface area contributed by atoms with E-state index in [-0.39, 0.29) is 17.6 Å². The van der Waals surface area contributed by atoms with Crippen LogP contribution in [0.15, 0.2) is 23.1 Å². The highest BCUT2D eigenvalue weighted by Gasteiger charge is 2.21. The first-order valence-electron chi connectivity index (χ1n) is 7.90. The number of nitrogens with one attached hydrogen (secondary N) is 2. The molecule has 0 aliphatic carbocycles. The van der Waals surface area contributed by atoms with Gasteiger partial charge in [-0.2, -0.15) is 0 Å². The van der Waals surface area contributed by atoms with Crippen LogP contribution in [0.2, 0.25) is 0 Å². The molecule has 6 nitrogen and oxygen atoms in total. The summed E-state index contributed by atoms with van der Waals surface area (Å²) >= 11 is 1.47. The van der Waals surface area contributed by atoms with Gasteiger partial charge in [0.15, 0.2) is 0 Å². The van der Waals surface area contributed by atoms with Crippen LogP contribution in [0.4, 0.5) is 5.69 Å². The summed E-state index contributed by atoms with van der Waals surface area (Å²) in [5.41, 5.74) is 0.354. The summed E-state index contributed by atoms with van der Waals surface area (Å²) in [5.74, 6) is 1.14. The van der Waals surface area contributed by atoms with Crippen LogP contribution in [0, 0.1) is 16.0 Å². The van der Waals surface area contributed by atoms with E-state index in [1.165, 1.54) is 17.8 Å². The second-order valence-electron chi connectivity index (χ2n) is 6.13. The molecule has 2 N–H and O–H groups in total. The summed E-state index contributed by atoms with van der Waals surface area (Å²) in [5, 5.41) is 17.4. The topological polar surface area (TPSA) is 84.3 Å². The van der Waals surface area contributed by atoms with Gasteiger partial charge in [0.05, 0.1) is 9.82 Å². The zero-order chi connectivity index (χ0) is 16.8. The smallest absolute Gasteiger partial charge is 0.283 e. The van der Waals surface area contributed by atoms with Crippen LogP contribution in [0.25, 0.3) is 0 Å². The lowest BCUT2D eigenvalue weighted by atomic mass is 10.1. The molecule has 2 rings (SSSR count). The molecule has 126 valence electrons. The number of amides is 1. The Labute approximate surface area is 140 Å². The third-order valence-corrected chi connectivity index (χ3v) is 4.86. The maximum absolute atomic E-state index is 12.2. The third kappa shape index (κ3) is 5.21. The van der Waals surface area contributed by atoms with Crippen LogP contribution in [0.1, 0.15) is 37.0 Å². The number of thioether (sulfide) groups is 1. The van der Waals surface area contributed by atoms with Gasteiger partial charge in [-0.15, -0.1) is 11.8 Å². The zero-order valence-electron chi connectivity index (χ0n) is 13.5. The summed E-state index contributed by atoms with van der Waals surface area (Å²) in [6.07, 6.45) is 1.88. The average Bonchev–Trinajstić information content (AvgIpc) is 2.99. The molecule has 1 aromatic rings. The normalized spacial score (nSPS) is 17.4. The first-order chi connectivity index (χ1) is 11.0. The van der Waals surface area contributed by atoms with E-state index in [0.717, 1.165) is 31.7 Å². The number of rotatable bonds is 7. The Balaban J connectivity index is 2.08. The van der Waals surface area contributed by atoms with Crippen molar-refractivity contribution in [1.29, 1.82) is 0 Å². The Morgan fingerprint density at radius 1 is 1.52 bits per heavy atom. The van der Waals surface area contributed by atoms with E-state index in [2.05, 4.69) is 24.5 Å². The van der Waals surface area contributed by atoms with Crippen molar-refractivity contribution >= 4 is 23.4 Å². The lowest BCUT2D eigenvalue weighted by Crippen LogP contribution is -2.36. The predicted molar refractivity (Wildman–Crippen MR) is 92.0 cm³/mol. The third-order valence-electron chi connectivity index (χ3n) is 3.77. The second kappa shape index (κ2) is 8.31. The average molecular weight is 337 g/mol. The summed E-state index contributed by atoms with van der Waals surface area (Å²) in [4.78, 5) is 23.7. The number of carbonyl (C=O) groups is 1. The highest BCUT2D eigenvalue weighted by Crippen LogP contribution is 2.31. The molecule has 1 heterocycles. The SMILES string of the molecule is CC(C)CCSc1ccc(C(=O)NC2CCNC2)cc1[N+](=O)[O-]. The molecule has 7 heteroatoms. The van der Waals surface area contributed by atoms with Crippen LogP contribution in [0.3, 0.4) is 0 Å². The molecule has 0 saturated carbocycles. The summed E-state index contributed by atoms with van der Waals surface area (Å²) in [7, 11) is 0. The molecular formula is C16H23N3O3S. The van der Waals surface area contributed by atoms with Gasteiger partial charge in [0.1, 0.15) is 0 Å². The summed E-state index contributed by atoms with van der Waals surface area (Å²) in [6, 6.07) is 4.84. The number of hydrogen-bond acceptors (Lipinski definition) is 5. The Morgan fingerprint density at radius 3 is 2.91 bits per heavy atom. The maximum atomic E-state index is 12.2. The minimum Gasteiger partial charge on any atom is -0.348 e. The Hall–Kier alpha value is -1.60. The minimum atomic E-state index is -0.411. The van der Waals surface area contributed by atoms with Gasteiger partial charge in [0.2, 0.25) is 0 Å². The molecule has 1 aromatic carbocycles. The Bertz CT molecular complexity index is 572. The van der Waals surface area contributed by atoms with Gasteiger partial charge in [0.25, 0.3) is 11.6 Å².